The minimum absolute atomic E-state index is 0.0813. The third kappa shape index (κ3) is 4.32. The van der Waals surface area contributed by atoms with E-state index in [4.69, 9.17) is 16.0 Å². The molecule has 0 atom stereocenters. The van der Waals surface area contributed by atoms with Crippen LogP contribution < -0.4 is 0 Å². The second kappa shape index (κ2) is 8.01. The molecule has 0 fully saturated rings. The molecular formula is C19H14ClFN2O4. The zero-order valence-electron chi connectivity index (χ0n) is 14.0. The van der Waals surface area contributed by atoms with E-state index < -0.39 is 16.6 Å². The van der Waals surface area contributed by atoms with Crippen molar-refractivity contribution in [2.45, 2.75) is 13.1 Å². The number of nitro groups is 1. The molecular weight excluding hydrogens is 375 g/mol. The quantitative estimate of drug-likeness (QED) is 0.448. The maximum Gasteiger partial charge on any atom is 0.269 e. The predicted molar refractivity (Wildman–Crippen MR) is 96.8 cm³/mol. The molecule has 27 heavy (non-hydrogen) atoms. The van der Waals surface area contributed by atoms with Crippen molar-refractivity contribution >= 4 is 23.2 Å². The number of carbonyl (C=O) groups excluding carboxylic acids is 1. The van der Waals surface area contributed by atoms with Crippen LogP contribution in [0.3, 0.4) is 0 Å². The summed E-state index contributed by atoms with van der Waals surface area (Å²) in [5, 5.41) is 11.0. The lowest BCUT2D eigenvalue weighted by molar-refractivity contribution is -0.384. The van der Waals surface area contributed by atoms with Gasteiger partial charge in [-0.15, -0.1) is 0 Å². The van der Waals surface area contributed by atoms with Crippen molar-refractivity contribution in [3.05, 3.63) is 98.7 Å². The molecule has 1 aromatic heterocycles. The Morgan fingerprint density at radius 1 is 1.11 bits per heavy atom. The normalized spacial score (nSPS) is 10.6. The first kappa shape index (κ1) is 18.6. The lowest BCUT2D eigenvalue weighted by Gasteiger charge is -2.23. The van der Waals surface area contributed by atoms with Gasteiger partial charge in [0.15, 0.2) is 0 Å². The lowest BCUT2D eigenvalue weighted by atomic mass is 10.1. The zero-order valence-corrected chi connectivity index (χ0v) is 14.7. The van der Waals surface area contributed by atoms with Crippen molar-refractivity contribution in [3.8, 4) is 0 Å². The lowest BCUT2D eigenvalue weighted by Crippen LogP contribution is -2.30. The predicted octanol–water partition coefficient (Wildman–Crippen LogP) is 4.82. The third-order valence-corrected chi connectivity index (χ3v) is 4.30. The average Bonchev–Trinajstić information content (AvgIpc) is 3.16. The van der Waals surface area contributed by atoms with Crippen LogP contribution in [0.25, 0.3) is 0 Å². The number of carbonyl (C=O) groups is 1. The molecule has 1 heterocycles. The summed E-state index contributed by atoms with van der Waals surface area (Å²) < 4.78 is 19.5. The van der Waals surface area contributed by atoms with Crippen molar-refractivity contribution in [2.75, 3.05) is 0 Å². The number of nitrogens with zero attached hydrogens (tertiary/aromatic N) is 2. The van der Waals surface area contributed by atoms with Crippen molar-refractivity contribution in [1.29, 1.82) is 0 Å². The average molecular weight is 389 g/mol. The van der Waals surface area contributed by atoms with Gasteiger partial charge in [0.25, 0.3) is 11.6 Å². The summed E-state index contributed by atoms with van der Waals surface area (Å²) >= 11 is 6.09. The summed E-state index contributed by atoms with van der Waals surface area (Å²) in [6.07, 6.45) is 1.47. The maximum atomic E-state index is 14.2. The first-order valence-electron chi connectivity index (χ1n) is 7.94. The molecule has 0 saturated carbocycles. The van der Waals surface area contributed by atoms with Crippen molar-refractivity contribution in [1.82, 2.24) is 4.90 Å². The van der Waals surface area contributed by atoms with Crippen LogP contribution in [-0.2, 0) is 13.1 Å². The molecule has 0 bridgehead atoms. The van der Waals surface area contributed by atoms with Gasteiger partial charge < -0.3 is 9.32 Å². The van der Waals surface area contributed by atoms with E-state index in [0.717, 1.165) is 0 Å². The first-order chi connectivity index (χ1) is 13.0. The molecule has 6 nitrogen and oxygen atoms in total. The fraction of sp³-hybridized carbons (Fsp3) is 0.105. The van der Waals surface area contributed by atoms with Crippen molar-refractivity contribution in [2.24, 2.45) is 0 Å². The van der Waals surface area contributed by atoms with E-state index in [1.165, 1.54) is 47.6 Å². The number of halogens is 2. The van der Waals surface area contributed by atoms with Gasteiger partial charge in [-0.2, -0.15) is 0 Å². The van der Waals surface area contributed by atoms with E-state index >= 15 is 0 Å². The summed E-state index contributed by atoms with van der Waals surface area (Å²) in [6, 6.07) is 12.9. The van der Waals surface area contributed by atoms with Crippen LogP contribution in [0, 0.1) is 15.9 Å². The van der Waals surface area contributed by atoms with Gasteiger partial charge in [-0.25, -0.2) is 4.39 Å². The summed E-state index contributed by atoms with van der Waals surface area (Å²) in [7, 11) is 0. The highest BCUT2D eigenvalue weighted by molar-refractivity contribution is 6.31. The van der Waals surface area contributed by atoms with Gasteiger partial charge in [0.1, 0.15) is 11.6 Å². The Bertz CT molecular complexity index is 938. The minimum Gasteiger partial charge on any atom is -0.467 e. The van der Waals surface area contributed by atoms with Crippen LogP contribution in [0.15, 0.2) is 65.3 Å². The SMILES string of the molecule is O=C(c1ccc([N+](=O)[O-])cc1)N(Cc1ccco1)Cc1c(F)cccc1Cl. The Labute approximate surface area is 158 Å². The zero-order chi connectivity index (χ0) is 19.4. The van der Waals surface area contributed by atoms with Gasteiger partial charge in [0, 0.05) is 28.3 Å². The van der Waals surface area contributed by atoms with Crippen molar-refractivity contribution < 1.29 is 18.5 Å². The Kier molecular flexibility index (Phi) is 5.52. The number of benzene rings is 2. The molecule has 1 amide bonds. The van der Waals surface area contributed by atoms with Crippen LogP contribution in [-0.4, -0.2) is 15.7 Å². The summed E-state index contributed by atoms with van der Waals surface area (Å²) in [5.74, 6) is -0.443. The Morgan fingerprint density at radius 3 is 2.44 bits per heavy atom. The number of rotatable bonds is 6. The molecule has 8 heteroatoms. The number of furan rings is 1. The second-order valence-electron chi connectivity index (χ2n) is 5.74. The Balaban J connectivity index is 1.91. The van der Waals surface area contributed by atoms with Gasteiger partial charge in [0.05, 0.1) is 24.3 Å². The number of non-ortho nitro benzene ring substituents is 1. The number of hydrogen-bond acceptors (Lipinski definition) is 4. The molecule has 0 aliphatic carbocycles. The molecule has 0 unspecified atom stereocenters. The largest absolute Gasteiger partial charge is 0.467 e. The highest BCUT2D eigenvalue weighted by Gasteiger charge is 2.21. The number of amides is 1. The monoisotopic (exact) mass is 388 g/mol. The van der Waals surface area contributed by atoms with Crippen LogP contribution in [0.2, 0.25) is 5.02 Å². The number of nitro benzene ring substituents is 1. The topological polar surface area (TPSA) is 76.6 Å². The summed E-state index contributed by atoms with van der Waals surface area (Å²) in [6.45, 7) is 0.00944. The van der Waals surface area contributed by atoms with Gasteiger partial charge in [0.2, 0.25) is 0 Å². The fourth-order valence-electron chi connectivity index (χ4n) is 2.57. The van der Waals surface area contributed by atoms with Gasteiger partial charge in [-0.05, 0) is 36.4 Å². The maximum absolute atomic E-state index is 14.2. The van der Waals surface area contributed by atoms with Crippen LogP contribution in [0.4, 0.5) is 10.1 Å². The summed E-state index contributed by atoms with van der Waals surface area (Å²) in [4.78, 5) is 24.5. The molecule has 3 rings (SSSR count). The Morgan fingerprint density at radius 2 is 1.85 bits per heavy atom. The fourth-order valence-corrected chi connectivity index (χ4v) is 2.80. The van der Waals surface area contributed by atoms with E-state index in [1.807, 2.05) is 0 Å². The molecule has 0 N–H and O–H groups in total. The highest BCUT2D eigenvalue weighted by atomic mass is 35.5. The molecule has 2 aromatic carbocycles. The van der Waals surface area contributed by atoms with Crippen LogP contribution >= 0.6 is 11.6 Å². The molecule has 0 spiro atoms. The van der Waals surface area contributed by atoms with Crippen LogP contribution in [0.5, 0.6) is 0 Å². The minimum atomic E-state index is -0.548. The van der Waals surface area contributed by atoms with E-state index in [-0.39, 0.29) is 34.9 Å². The molecule has 3 aromatic rings. The summed E-state index contributed by atoms with van der Waals surface area (Å²) in [5.41, 5.74) is 0.293. The second-order valence-corrected chi connectivity index (χ2v) is 6.15. The standard InChI is InChI=1S/C19H14ClFN2O4/c20-17-4-1-5-18(21)16(17)12-22(11-15-3-2-10-27-15)19(24)13-6-8-14(9-7-13)23(25)26/h1-10H,11-12H2. The van der Waals surface area contributed by atoms with E-state index in [1.54, 1.807) is 18.2 Å². The first-order valence-corrected chi connectivity index (χ1v) is 8.32. The molecule has 0 aliphatic heterocycles. The molecule has 0 saturated heterocycles. The third-order valence-electron chi connectivity index (χ3n) is 3.95. The highest BCUT2D eigenvalue weighted by Crippen LogP contribution is 2.23. The van der Waals surface area contributed by atoms with E-state index in [9.17, 15) is 19.3 Å². The Hall–Kier alpha value is -3.19. The van der Waals surface area contributed by atoms with Gasteiger partial charge in [-0.1, -0.05) is 17.7 Å². The van der Waals surface area contributed by atoms with Gasteiger partial charge >= 0.3 is 0 Å². The molecule has 138 valence electrons. The van der Waals surface area contributed by atoms with Crippen molar-refractivity contribution in [3.63, 3.8) is 0 Å². The molecule has 0 radical (unpaired) electrons. The smallest absolute Gasteiger partial charge is 0.269 e. The number of hydrogen-bond donors (Lipinski definition) is 0. The van der Waals surface area contributed by atoms with E-state index in [0.29, 0.717) is 5.76 Å². The van der Waals surface area contributed by atoms with Gasteiger partial charge in [-0.3, -0.25) is 14.9 Å². The van der Waals surface area contributed by atoms with Crippen LogP contribution in [0.1, 0.15) is 21.7 Å². The molecule has 0 aliphatic rings. The van der Waals surface area contributed by atoms with E-state index in [2.05, 4.69) is 0 Å².